The zero-order chi connectivity index (χ0) is 11.0. The fraction of sp³-hybridized carbons (Fsp3) is 0.200. The quantitative estimate of drug-likeness (QED) is 0.717. The van der Waals surface area contributed by atoms with E-state index >= 15 is 0 Å². The van der Waals surface area contributed by atoms with E-state index in [2.05, 4.69) is 10.3 Å². The molecule has 1 heterocycles. The molecule has 78 valence electrons. The molecule has 0 spiro atoms. The summed E-state index contributed by atoms with van der Waals surface area (Å²) in [5.74, 6) is 0.232. The minimum Gasteiger partial charge on any atom is -0.508 e. The van der Waals surface area contributed by atoms with Crippen molar-refractivity contribution in [3.63, 3.8) is 0 Å². The average Bonchev–Trinajstić information content (AvgIpc) is 2.54. The second-order valence-corrected chi connectivity index (χ2v) is 3.25. The molecule has 0 bridgehead atoms. The average molecular weight is 205 g/mol. The number of carbonyl (C=O) groups excluding carboxylic acids is 1. The number of imidazole rings is 1. The van der Waals surface area contributed by atoms with Crippen LogP contribution in [0, 0.1) is 0 Å². The van der Waals surface area contributed by atoms with Crippen LogP contribution in [0.5, 0.6) is 5.75 Å². The highest BCUT2D eigenvalue weighted by Gasteiger charge is 2.13. The van der Waals surface area contributed by atoms with Crippen molar-refractivity contribution in [1.29, 1.82) is 0 Å². The fourth-order valence-corrected chi connectivity index (χ4v) is 1.50. The van der Waals surface area contributed by atoms with Gasteiger partial charge in [0.25, 0.3) is 5.91 Å². The van der Waals surface area contributed by atoms with E-state index in [9.17, 15) is 9.90 Å². The number of rotatable bonds is 1. The molecule has 2 rings (SSSR count). The van der Waals surface area contributed by atoms with Crippen molar-refractivity contribution in [3.8, 4) is 5.75 Å². The Balaban J connectivity index is 2.69. The van der Waals surface area contributed by atoms with Crippen molar-refractivity contribution in [3.05, 3.63) is 24.0 Å². The third-order valence-electron chi connectivity index (χ3n) is 2.29. The predicted molar refractivity (Wildman–Crippen MR) is 55.8 cm³/mol. The number of carbonyl (C=O) groups is 1. The van der Waals surface area contributed by atoms with E-state index in [1.165, 1.54) is 6.07 Å². The number of nitrogens with one attached hydrogen (secondary N) is 1. The van der Waals surface area contributed by atoms with Gasteiger partial charge in [-0.3, -0.25) is 4.79 Å². The van der Waals surface area contributed by atoms with Crippen LogP contribution in [0.4, 0.5) is 0 Å². The molecule has 0 aliphatic carbocycles. The lowest BCUT2D eigenvalue weighted by Crippen LogP contribution is -2.21. The summed E-state index contributed by atoms with van der Waals surface area (Å²) in [5, 5.41) is 11.8. The van der Waals surface area contributed by atoms with Gasteiger partial charge in [0, 0.05) is 20.2 Å². The van der Waals surface area contributed by atoms with E-state index in [0.29, 0.717) is 11.3 Å². The van der Waals surface area contributed by atoms with Gasteiger partial charge in [0.2, 0.25) is 0 Å². The molecule has 1 amide bonds. The number of hydrogen-bond acceptors (Lipinski definition) is 3. The zero-order valence-electron chi connectivity index (χ0n) is 8.48. The number of amides is 1. The number of aromatic hydroxyl groups is 1. The van der Waals surface area contributed by atoms with E-state index in [4.69, 9.17) is 0 Å². The van der Waals surface area contributed by atoms with E-state index < -0.39 is 0 Å². The first-order chi connectivity index (χ1) is 7.13. The molecule has 0 aliphatic rings. The van der Waals surface area contributed by atoms with Gasteiger partial charge in [-0.25, -0.2) is 4.98 Å². The Morgan fingerprint density at radius 2 is 2.27 bits per heavy atom. The monoisotopic (exact) mass is 205 g/mol. The maximum absolute atomic E-state index is 11.4. The van der Waals surface area contributed by atoms with Crippen LogP contribution in [0.3, 0.4) is 0 Å². The van der Waals surface area contributed by atoms with Crippen LogP contribution in [0.25, 0.3) is 11.0 Å². The number of aromatic nitrogens is 2. The van der Waals surface area contributed by atoms with Gasteiger partial charge >= 0.3 is 0 Å². The first-order valence-corrected chi connectivity index (χ1v) is 4.51. The molecule has 1 aromatic carbocycles. The lowest BCUT2D eigenvalue weighted by Gasteiger charge is -1.99. The number of aryl methyl sites for hydroxylation is 1. The summed E-state index contributed by atoms with van der Waals surface area (Å²) in [7, 11) is 3.32. The van der Waals surface area contributed by atoms with Gasteiger partial charge in [-0.05, 0) is 12.1 Å². The molecule has 5 nitrogen and oxygen atoms in total. The zero-order valence-corrected chi connectivity index (χ0v) is 8.48. The molecule has 0 aliphatic heterocycles. The van der Waals surface area contributed by atoms with Crippen molar-refractivity contribution >= 4 is 16.9 Å². The number of nitrogens with zero attached hydrogens (tertiary/aromatic N) is 2. The highest BCUT2D eigenvalue weighted by atomic mass is 16.3. The first-order valence-electron chi connectivity index (χ1n) is 4.51. The molecule has 0 unspecified atom stereocenters. The highest BCUT2D eigenvalue weighted by Crippen LogP contribution is 2.19. The van der Waals surface area contributed by atoms with E-state index in [-0.39, 0.29) is 11.7 Å². The second-order valence-electron chi connectivity index (χ2n) is 3.25. The van der Waals surface area contributed by atoms with Gasteiger partial charge < -0.3 is 15.0 Å². The maximum Gasteiger partial charge on any atom is 0.287 e. The summed E-state index contributed by atoms with van der Waals surface area (Å²) in [6, 6.07) is 4.82. The van der Waals surface area contributed by atoms with E-state index in [1.54, 1.807) is 30.8 Å². The van der Waals surface area contributed by atoms with E-state index in [0.717, 1.165) is 5.52 Å². The Morgan fingerprint density at radius 3 is 2.93 bits per heavy atom. The molecule has 0 atom stereocenters. The minimum atomic E-state index is -0.242. The minimum absolute atomic E-state index is 0.143. The van der Waals surface area contributed by atoms with Crippen molar-refractivity contribution in [2.24, 2.45) is 7.05 Å². The predicted octanol–water partition coefficient (Wildman–Crippen LogP) is 0.638. The van der Waals surface area contributed by atoms with Crippen LogP contribution < -0.4 is 5.32 Å². The smallest absolute Gasteiger partial charge is 0.287 e. The van der Waals surface area contributed by atoms with E-state index in [1.807, 2.05) is 0 Å². The van der Waals surface area contributed by atoms with Crippen LogP contribution >= 0.6 is 0 Å². The van der Waals surface area contributed by atoms with Crippen molar-refractivity contribution in [2.75, 3.05) is 7.05 Å². The second kappa shape index (κ2) is 3.27. The van der Waals surface area contributed by atoms with Crippen LogP contribution in [0.15, 0.2) is 18.2 Å². The van der Waals surface area contributed by atoms with Crippen molar-refractivity contribution < 1.29 is 9.90 Å². The number of hydrogen-bond donors (Lipinski definition) is 2. The lowest BCUT2D eigenvalue weighted by molar-refractivity contribution is 0.0950. The third kappa shape index (κ3) is 1.41. The number of fused-ring (bicyclic) bond motifs is 1. The molecular weight excluding hydrogens is 194 g/mol. The Hall–Kier alpha value is -2.04. The SMILES string of the molecule is CNC(=O)c1nc2cc(O)ccc2n1C. The van der Waals surface area contributed by atoms with Crippen molar-refractivity contribution in [1.82, 2.24) is 14.9 Å². The van der Waals surface area contributed by atoms with Gasteiger partial charge in [0.15, 0.2) is 5.82 Å². The Morgan fingerprint density at radius 1 is 1.53 bits per heavy atom. The van der Waals surface area contributed by atoms with Crippen LogP contribution in [0.2, 0.25) is 0 Å². The first kappa shape index (κ1) is 9.51. The molecule has 1 aromatic heterocycles. The van der Waals surface area contributed by atoms with Gasteiger partial charge in [-0.2, -0.15) is 0 Å². The molecule has 0 saturated heterocycles. The molecule has 0 saturated carbocycles. The number of phenolic OH excluding ortho intramolecular Hbond substituents is 1. The van der Waals surface area contributed by atoms with Crippen LogP contribution in [-0.2, 0) is 7.05 Å². The molecule has 0 radical (unpaired) electrons. The molecular formula is C10H11N3O2. The Labute approximate surface area is 86.4 Å². The summed E-state index contributed by atoms with van der Waals surface area (Å²) in [6.45, 7) is 0. The number of benzene rings is 1. The van der Waals surface area contributed by atoms with Crippen molar-refractivity contribution in [2.45, 2.75) is 0 Å². The van der Waals surface area contributed by atoms with Crippen LogP contribution in [-0.4, -0.2) is 27.6 Å². The maximum atomic E-state index is 11.4. The Kier molecular flexibility index (Phi) is 2.07. The molecule has 0 fully saturated rings. The molecule has 2 N–H and O–H groups in total. The van der Waals surface area contributed by atoms with Gasteiger partial charge in [-0.1, -0.05) is 0 Å². The summed E-state index contributed by atoms with van der Waals surface area (Å²) in [5.41, 5.74) is 1.42. The molecule has 5 heteroatoms. The highest BCUT2D eigenvalue weighted by molar-refractivity contribution is 5.94. The normalized spacial score (nSPS) is 10.5. The topological polar surface area (TPSA) is 67.2 Å². The summed E-state index contributed by atoms with van der Waals surface area (Å²) in [4.78, 5) is 15.6. The summed E-state index contributed by atoms with van der Waals surface area (Å²) in [6.07, 6.45) is 0. The standard InChI is InChI=1S/C10H11N3O2/c1-11-10(15)9-12-7-5-6(14)3-4-8(7)13(9)2/h3-5,14H,1-2H3,(H,11,15). The summed E-state index contributed by atoms with van der Waals surface area (Å²) < 4.78 is 1.69. The molecule has 2 aromatic rings. The van der Waals surface area contributed by atoms with Gasteiger partial charge in [0.1, 0.15) is 5.75 Å². The number of phenols is 1. The third-order valence-corrected chi connectivity index (χ3v) is 2.29. The fourth-order valence-electron chi connectivity index (χ4n) is 1.50. The molecule has 15 heavy (non-hydrogen) atoms. The summed E-state index contributed by atoms with van der Waals surface area (Å²) >= 11 is 0. The lowest BCUT2D eigenvalue weighted by atomic mass is 10.3. The largest absolute Gasteiger partial charge is 0.508 e. The Bertz CT molecular complexity index is 531. The van der Waals surface area contributed by atoms with Gasteiger partial charge in [-0.15, -0.1) is 0 Å². The van der Waals surface area contributed by atoms with Crippen LogP contribution in [0.1, 0.15) is 10.6 Å². The van der Waals surface area contributed by atoms with Gasteiger partial charge in [0.05, 0.1) is 11.0 Å².